The first kappa shape index (κ1) is 18.7. The maximum Gasteiger partial charge on any atom is 0.265 e. The van der Waals surface area contributed by atoms with Gasteiger partial charge in [0, 0.05) is 5.02 Å². The fraction of sp³-hybridized carbons (Fsp3) is 0.364. The summed E-state index contributed by atoms with van der Waals surface area (Å²) in [5.41, 5.74) is 0.467. The van der Waals surface area contributed by atoms with Gasteiger partial charge in [0.2, 0.25) is 5.82 Å². The largest absolute Gasteiger partial charge is 0.286 e. The van der Waals surface area contributed by atoms with Crippen molar-refractivity contribution in [1.29, 1.82) is 0 Å². The molecule has 2 rings (SSSR count). The minimum atomic E-state index is -4.31. The van der Waals surface area contributed by atoms with Gasteiger partial charge in [-0.3, -0.25) is 8.74 Å². The first-order chi connectivity index (χ1) is 11.0. The van der Waals surface area contributed by atoms with E-state index in [2.05, 4.69) is 15.4 Å². The minimum Gasteiger partial charge on any atom is -0.286 e. The van der Waals surface area contributed by atoms with Gasteiger partial charge >= 0.3 is 0 Å². The van der Waals surface area contributed by atoms with E-state index < -0.39 is 32.1 Å². The molecule has 0 amide bonds. The van der Waals surface area contributed by atoms with Crippen molar-refractivity contribution in [2.45, 2.75) is 12.5 Å². The van der Waals surface area contributed by atoms with Crippen LogP contribution in [-0.2, 0) is 24.4 Å². The van der Waals surface area contributed by atoms with E-state index in [1.165, 1.54) is 0 Å². The van der Waals surface area contributed by atoms with Gasteiger partial charge in [-0.2, -0.15) is 16.8 Å². The second-order valence-corrected chi connectivity index (χ2v) is 8.39. The second-order valence-electron chi connectivity index (χ2n) is 4.78. The summed E-state index contributed by atoms with van der Waals surface area (Å²) in [6.45, 7) is 0. The average Bonchev–Trinajstić information content (AvgIpc) is 2.91. The van der Waals surface area contributed by atoms with E-state index >= 15 is 0 Å². The molecule has 0 saturated carbocycles. The van der Waals surface area contributed by atoms with E-state index in [9.17, 15) is 16.8 Å². The molecule has 0 aliphatic carbocycles. The number of tetrazole rings is 1. The topological polar surface area (TPSA) is 141 Å². The molecule has 0 aliphatic rings. The molecule has 0 bridgehead atoms. The van der Waals surface area contributed by atoms with Crippen LogP contribution in [0.5, 0.6) is 0 Å². The highest BCUT2D eigenvalue weighted by Crippen LogP contribution is 2.21. The van der Waals surface area contributed by atoms with Crippen LogP contribution in [0, 0.1) is 0 Å². The molecule has 0 fully saturated rings. The van der Waals surface area contributed by atoms with Gasteiger partial charge in [0.1, 0.15) is 6.10 Å². The van der Waals surface area contributed by atoms with E-state index in [-0.39, 0.29) is 12.2 Å². The normalized spacial score (nSPS) is 13.8. The standard InChI is InChI=1S/C11H13ClN4O6S2/c1-23(17,18)22-10(5-6-24(19,20)21)11-13-15-16(14-11)9-4-2-3-8(12)7-9/h2-4,7,10H,5-6H2,1H3,(H,19,20,21). The first-order valence-electron chi connectivity index (χ1n) is 6.43. The third-order valence-corrected chi connectivity index (χ3v) is 4.25. The summed E-state index contributed by atoms with van der Waals surface area (Å²) < 4.78 is 58.0. The molecule has 1 aromatic heterocycles. The second kappa shape index (κ2) is 7.11. The molecule has 10 nitrogen and oxygen atoms in total. The summed E-state index contributed by atoms with van der Waals surface area (Å²) in [5.74, 6) is -0.872. The summed E-state index contributed by atoms with van der Waals surface area (Å²) in [7, 11) is -8.22. The van der Waals surface area contributed by atoms with Crippen molar-refractivity contribution < 1.29 is 25.6 Å². The van der Waals surface area contributed by atoms with Crippen molar-refractivity contribution in [3.8, 4) is 5.69 Å². The lowest BCUT2D eigenvalue weighted by atomic mass is 10.3. The SMILES string of the molecule is CS(=O)(=O)OC(CCS(=O)(=O)O)c1nnn(-c2cccc(Cl)c2)n1. The number of hydrogen-bond donors (Lipinski definition) is 1. The first-order valence-corrected chi connectivity index (χ1v) is 10.2. The molecule has 24 heavy (non-hydrogen) atoms. The Labute approximate surface area is 143 Å². The number of aromatic nitrogens is 4. The third kappa shape index (κ3) is 5.79. The molecule has 1 heterocycles. The van der Waals surface area contributed by atoms with Crippen molar-refractivity contribution in [2.75, 3.05) is 12.0 Å². The van der Waals surface area contributed by atoms with Crippen LogP contribution in [0.4, 0.5) is 0 Å². The predicted octanol–water partition coefficient (Wildman–Crippen LogP) is 0.611. The number of rotatable bonds is 7. The molecule has 132 valence electrons. The van der Waals surface area contributed by atoms with Crippen molar-refractivity contribution in [3.63, 3.8) is 0 Å². The zero-order valence-corrected chi connectivity index (χ0v) is 14.7. The average molecular weight is 397 g/mol. The summed E-state index contributed by atoms with van der Waals surface area (Å²) in [6, 6.07) is 6.49. The van der Waals surface area contributed by atoms with E-state index in [4.69, 9.17) is 20.3 Å². The quantitative estimate of drug-likeness (QED) is 0.526. The predicted molar refractivity (Wildman–Crippen MR) is 83.9 cm³/mol. The highest BCUT2D eigenvalue weighted by Gasteiger charge is 2.25. The Morgan fingerprint density at radius 2 is 2.04 bits per heavy atom. The van der Waals surface area contributed by atoms with Gasteiger partial charge < -0.3 is 0 Å². The van der Waals surface area contributed by atoms with Gasteiger partial charge in [-0.05, 0) is 29.8 Å². The van der Waals surface area contributed by atoms with Crippen LogP contribution in [-0.4, -0.2) is 53.6 Å². The Hall–Kier alpha value is -1.60. The third-order valence-electron chi connectivity index (χ3n) is 2.69. The van der Waals surface area contributed by atoms with Crippen molar-refractivity contribution in [2.24, 2.45) is 0 Å². The lowest BCUT2D eigenvalue weighted by Gasteiger charge is -2.11. The van der Waals surface area contributed by atoms with Gasteiger partial charge in [0.25, 0.3) is 20.2 Å². The summed E-state index contributed by atoms with van der Waals surface area (Å²) in [4.78, 5) is 1.09. The van der Waals surface area contributed by atoms with Crippen LogP contribution in [0.3, 0.4) is 0 Å². The zero-order valence-electron chi connectivity index (χ0n) is 12.3. The Morgan fingerprint density at radius 1 is 1.33 bits per heavy atom. The van der Waals surface area contributed by atoms with Gasteiger partial charge in [0.05, 0.1) is 17.7 Å². The number of hydrogen-bond acceptors (Lipinski definition) is 8. The van der Waals surface area contributed by atoms with Gasteiger partial charge in [-0.1, -0.05) is 17.7 Å². The molecule has 1 N–H and O–H groups in total. The van der Waals surface area contributed by atoms with Crippen LogP contribution in [0.25, 0.3) is 5.69 Å². The Bertz CT molecular complexity index is 927. The molecule has 2 aromatic rings. The highest BCUT2D eigenvalue weighted by atomic mass is 35.5. The van der Waals surface area contributed by atoms with Gasteiger partial charge in [-0.15, -0.1) is 15.0 Å². The molecular weight excluding hydrogens is 384 g/mol. The summed E-state index contributed by atoms with van der Waals surface area (Å²) >= 11 is 5.86. The molecule has 0 radical (unpaired) electrons. The van der Waals surface area contributed by atoms with E-state index in [1.807, 2.05) is 0 Å². The van der Waals surface area contributed by atoms with Gasteiger partial charge in [0.15, 0.2) is 0 Å². The lowest BCUT2D eigenvalue weighted by Crippen LogP contribution is -2.16. The van der Waals surface area contributed by atoms with Crippen LogP contribution in [0.1, 0.15) is 18.3 Å². The van der Waals surface area contributed by atoms with Crippen molar-refractivity contribution in [3.05, 3.63) is 35.1 Å². The maximum absolute atomic E-state index is 11.3. The van der Waals surface area contributed by atoms with Gasteiger partial charge in [-0.25, -0.2) is 0 Å². The molecule has 13 heteroatoms. The fourth-order valence-electron chi connectivity index (χ4n) is 1.75. The number of benzene rings is 1. The molecule has 0 aliphatic heterocycles. The van der Waals surface area contributed by atoms with Crippen LogP contribution < -0.4 is 0 Å². The Balaban J connectivity index is 2.29. The monoisotopic (exact) mass is 396 g/mol. The van der Waals surface area contributed by atoms with E-state index in [0.717, 1.165) is 11.1 Å². The maximum atomic E-state index is 11.3. The lowest BCUT2D eigenvalue weighted by molar-refractivity contribution is 0.200. The summed E-state index contributed by atoms with van der Waals surface area (Å²) in [6.07, 6.45) is -0.878. The zero-order chi connectivity index (χ0) is 18.0. The summed E-state index contributed by atoms with van der Waals surface area (Å²) in [5, 5.41) is 11.8. The van der Waals surface area contributed by atoms with Crippen LogP contribution >= 0.6 is 11.6 Å². The van der Waals surface area contributed by atoms with Crippen LogP contribution in [0.2, 0.25) is 5.02 Å². The molecule has 1 unspecified atom stereocenters. The minimum absolute atomic E-state index is 0.149. The Morgan fingerprint density at radius 3 is 2.62 bits per heavy atom. The number of nitrogens with zero attached hydrogens (tertiary/aromatic N) is 4. The van der Waals surface area contributed by atoms with Crippen molar-refractivity contribution in [1.82, 2.24) is 20.2 Å². The van der Waals surface area contributed by atoms with Crippen LogP contribution in [0.15, 0.2) is 24.3 Å². The number of halogens is 1. The molecule has 0 saturated heterocycles. The molecule has 0 spiro atoms. The fourth-order valence-corrected chi connectivity index (χ4v) is 3.05. The highest BCUT2D eigenvalue weighted by molar-refractivity contribution is 7.86. The van der Waals surface area contributed by atoms with Crippen molar-refractivity contribution >= 4 is 31.8 Å². The smallest absolute Gasteiger partial charge is 0.265 e. The van der Waals surface area contributed by atoms with E-state index in [1.54, 1.807) is 24.3 Å². The molecular formula is C11H13ClN4O6S2. The van der Waals surface area contributed by atoms with E-state index in [0.29, 0.717) is 10.7 Å². The molecule has 1 atom stereocenters. The molecule has 1 aromatic carbocycles. The Kier molecular flexibility index (Phi) is 5.55.